The molecule has 17 heavy (non-hydrogen) atoms. The monoisotopic (exact) mass is 255 g/mol. The summed E-state index contributed by atoms with van der Waals surface area (Å²) in [6, 6.07) is -0.439. The first-order valence-electron chi connectivity index (χ1n) is 5.46. The average molecular weight is 255 g/mol. The highest BCUT2D eigenvalue weighted by Crippen LogP contribution is 2.19. The molecule has 1 heterocycles. The van der Waals surface area contributed by atoms with Gasteiger partial charge in [0.25, 0.3) is 0 Å². The zero-order chi connectivity index (χ0) is 12.9. The molecule has 1 atom stereocenters. The van der Waals surface area contributed by atoms with Crippen molar-refractivity contribution in [1.29, 1.82) is 0 Å². The van der Waals surface area contributed by atoms with Crippen LogP contribution in [0.1, 0.15) is 19.3 Å². The van der Waals surface area contributed by atoms with Gasteiger partial charge in [-0.05, 0) is 19.4 Å². The molecule has 1 aliphatic heterocycles. The number of rotatable bonds is 4. The molecule has 0 spiro atoms. The van der Waals surface area contributed by atoms with Crippen molar-refractivity contribution in [3.05, 3.63) is 0 Å². The van der Waals surface area contributed by atoms with Gasteiger partial charge in [0, 0.05) is 6.54 Å². The third-order valence-corrected chi connectivity index (χ3v) is 2.73. The highest BCUT2D eigenvalue weighted by molar-refractivity contribution is 5.75. The fraction of sp³-hybridized carbons (Fsp3) is 0.900. The van der Waals surface area contributed by atoms with Gasteiger partial charge in [-0.3, -0.25) is 14.4 Å². The number of likely N-dealkylation sites (tertiary alicyclic amines) is 1. The molecule has 0 amide bonds. The van der Waals surface area contributed by atoms with Gasteiger partial charge in [-0.2, -0.15) is 0 Å². The Labute approximate surface area is 97.7 Å². The molecule has 0 aromatic rings. The van der Waals surface area contributed by atoms with Crippen LogP contribution in [0.3, 0.4) is 0 Å². The normalized spacial score (nSPS) is 22.5. The van der Waals surface area contributed by atoms with Crippen molar-refractivity contribution >= 4 is 5.97 Å². The van der Waals surface area contributed by atoms with E-state index in [1.54, 1.807) is 4.90 Å². The van der Waals surface area contributed by atoms with E-state index in [1.807, 2.05) is 0 Å². The number of nitrogens with zero attached hydrogens (tertiary/aromatic N) is 1. The lowest BCUT2D eigenvalue weighted by Crippen LogP contribution is -2.46. The number of hydrogen-bond donors (Lipinski definition) is 0. The van der Waals surface area contributed by atoms with Crippen LogP contribution >= 0.6 is 0 Å². The minimum atomic E-state index is -4.61. The largest absolute Gasteiger partial charge is 0.522 e. The first-order valence-corrected chi connectivity index (χ1v) is 5.46. The molecule has 0 aromatic heterocycles. The first-order chi connectivity index (χ1) is 7.94. The van der Waals surface area contributed by atoms with Gasteiger partial charge in [-0.1, -0.05) is 6.42 Å². The predicted octanol–water partition coefficient (Wildman–Crippen LogP) is 1.55. The van der Waals surface area contributed by atoms with Gasteiger partial charge >= 0.3 is 12.3 Å². The number of ether oxygens (including phenoxy) is 2. The summed E-state index contributed by atoms with van der Waals surface area (Å²) in [5, 5.41) is 0. The number of piperidine rings is 1. The molecule has 0 N–H and O–H groups in total. The summed E-state index contributed by atoms with van der Waals surface area (Å²) in [7, 11) is 1.28. The van der Waals surface area contributed by atoms with Gasteiger partial charge in [0.1, 0.15) is 6.04 Å². The summed E-state index contributed by atoms with van der Waals surface area (Å²) in [5.74, 6) is -0.392. The highest BCUT2D eigenvalue weighted by Gasteiger charge is 2.32. The van der Waals surface area contributed by atoms with E-state index in [0.717, 1.165) is 12.8 Å². The van der Waals surface area contributed by atoms with Crippen LogP contribution in [-0.4, -0.2) is 50.1 Å². The second-order valence-corrected chi connectivity index (χ2v) is 3.86. The molecule has 0 radical (unpaired) electrons. The number of carbonyl (C=O) groups is 1. The minimum Gasteiger partial charge on any atom is -0.468 e. The average Bonchev–Trinajstić information content (AvgIpc) is 2.27. The predicted molar refractivity (Wildman–Crippen MR) is 53.2 cm³/mol. The Morgan fingerprint density at radius 3 is 2.71 bits per heavy atom. The van der Waals surface area contributed by atoms with Crippen LogP contribution in [0, 0.1) is 0 Å². The third-order valence-electron chi connectivity index (χ3n) is 2.73. The topological polar surface area (TPSA) is 38.8 Å². The molecule has 4 nitrogen and oxygen atoms in total. The van der Waals surface area contributed by atoms with E-state index in [0.29, 0.717) is 13.0 Å². The Morgan fingerprint density at radius 2 is 2.12 bits per heavy atom. The summed E-state index contributed by atoms with van der Waals surface area (Å²) in [6.07, 6.45) is -2.23. The Morgan fingerprint density at radius 1 is 1.41 bits per heavy atom. The summed E-state index contributed by atoms with van der Waals surface area (Å²) in [5.41, 5.74) is 0. The number of hydrogen-bond acceptors (Lipinski definition) is 4. The maximum Gasteiger partial charge on any atom is 0.522 e. The van der Waals surface area contributed by atoms with Gasteiger partial charge in [0.15, 0.2) is 0 Å². The molecule has 7 heteroatoms. The van der Waals surface area contributed by atoms with E-state index >= 15 is 0 Å². The lowest BCUT2D eigenvalue weighted by molar-refractivity contribution is -0.325. The van der Waals surface area contributed by atoms with Crippen LogP contribution in [0.25, 0.3) is 0 Å². The Kier molecular flexibility index (Phi) is 5.20. The van der Waals surface area contributed by atoms with E-state index in [4.69, 9.17) is 0 Å². The molecular weight excluding hydrogens is 239 g/mol. The molecule has 1 rings (SSSR count). The van der Waals surface area contributed by atoms with E-state index in [-0.39, 0.29) is 6.54 Å². The number of carbonyl (C=O) groups excluding carboxylic acids is 1. The molecule has 1 fully saturated rings. The second-order valence-electron chi connectivity index (χ2n) is 3.86. The number of methoxy groups -OCH3 is 1. The molecule has 0 saturated carbocycles. The lowest BCUT2D eigenvalue weighted by atomic mass is 10.0. The standard InChI is InChI=1S/C10H16F3NO3/c1-16-9(15)8-4-2-3-5-14(8)6-7-17-10(11,12)13/h8H,2-7H2,1H3/t8-/m1/s1. The van der Waals surface area contributed by atoms with Crippen molar-refractivity contribution in [2.45, 2.75) is 31.7 Å². The fourth-order valence-electron chi connectivity index (χ4n) is 1.94. The van der Waals surface area contributed by atoms with Gasteiger partial charge in [-0.15, -0.1) is 13.2 Å². The molecule has 0 aromatic carbocycles. The molecule has 100 valence electrons. The molecular formula is C10H16F3NO3. The van der Waals surface area contributed by atoms with Gasteiger partial charge in [0.05, 0.1) is 13.7 Å². The van der Waals surface area contributed by atoms with Crippen LogP contribution in [-0.2, 0) is 14.3 Å². The van der Waals surface area contributed by atoms with Crippen molar-refractivity contribution in [1.82, 2.24) is 4.90 Å². The Hall–Kier alpha value is -0.820. The zero-order valence-electron chi connectivity index (χ0n) is 9.63. The molecule has 0 bridgehead atoms. The number of esters is 1. The van der Waals surface area contributed by atoms with Crippen molar-refractivity contribution in [2.24, 2.45) is 0 Å². The van der Waals surface area contributed by atoms with E-state index in [9.17, 15) is 18.0 Å². The SMILES string of the molecule is COC(=O)[C@H]1CCCCN1CCOC(F)(F)F. The van der Waals surface area contributed by atoms with Crippen molar-refractivity contribution in [3.8, 4) is 0 Å². The molecule has 0 aliphatic carbocycles. The summed E-state index contributed by atoms with van der Waals surface area (Å²) in [6.45, 7) is 0.219. The third kappa shape index (κ3) is 4.91. The van der Waals surface area contributed by atoms with E-state index in [1.165, 1.54) is 7.11 Å². The van der Waals surface area contributed by atoms with Crippen LogP contribution in [0.15, 0.2) is 0 Å². The number of alkyl halides is 3. The maximum absolute atomic E-state index is 11.8. The van der Waals surface area contributed by atoms with Gasteiger partial charge < -0.3 is 4.74 Å². The molecule has 0 unspecified atom stereocenters. The van der Waals surface area contributed by atoms with Crippen molar-refractivity contribution in [3.63, 3.8) is 0 Å². The van der Waals surface area contributed by atoms with Crippen molar-refractivity contribution < 1.29 is 27.4 Å². The second kappa shape index (κ2) is 6.20. The van der Waals surface area contributed by atoms with Crippen LogP contribution in [0.4, 0.5) is 13.2 Å². The highest BCUT2D eigenvalue weighted by atomic mass is 19.4. The quantitative estimate of drug-likeness (QED) is 0.714. The Bertz CT molecular complexity index is 258. The zero-order valence-corrected chi connectivity index (χ0v) is 9.63. The number of halogens is 3. The Balaban J connectivity index is 2.40. The molecule has 1 aliphatic rings. The van der Waals surface area contributed by atoms with Crippen LogP contribution in [0.5, 0.6) is 0 Å². The summed E-state index contributed by atoms with van der Waals surface area (Å²) < 4.78 is 43.7. The summed E-state index contributed by atoms with van der Waals surface area (Å²) in [4.78, 5) is 13.1. The van der Waals surface area contributed by atoms with E-state index in [2.05, 4.69) is 9.47 Å². The smallest absolute Gasteiger partial charge is 0.468 e. The van der Waals surface area contributed by atoms with Gasteiger partial charge in [-0.25, -0.2) is 0 Å². The summed E-state index contributed by atoms with van der Waals surface area (Å²) >= 11 is 0. The van der Waals surface area contributed by atoms with Crippen LogP contribution < -0.4 is 0 Å². The maximum atomic E-state index is 11.8. The first kappa shape index (κ1) is 14.2. The van der Waals surface area contributed by atoms with Gasteiger partial charge in [0.2, 0.25) is 0 Å². The van der Waals surface area contributed by atoms with E-state index < -0.39 is 25.0 Å². The molecule has 1 saturated heterocycles. The fourth-order valence-corrected chi connectivity index (χ4v) is 1.94. The van der Waals surface area contributed by atoms with Crippen LogP contribution in [0.2, 0.25) is 0 Å². The lowest BCUT2D eigenvalue weighted by Gasteiger charge is -2.33. The van der Waals surface area contributed by atoms with Crippen molar-refractivity contribution in [2.75, 3.05) is 26.8 Å². The minimum absolute atomic E-state index is 0.0826.